The van der Waals surface area contributed by atoms with Gasteiger partial charge >= 0.3 is 5.97 Å². The minimum Gasteiger partial charge on any atom is -0.465 e. The number of hydrogen-bond donors (Lipinski definition) is 2. The summed E-state index contributed by atoms with van der Waals surface area (Å²) in [5.74, 6) is 0.531. The van der Waals surface area contributed by atoms with Crippen molar-refractivity contribution >= 4 is 5.97 Å². The van der Waals surface area contributed by atoms with Crippen LogP contribution in [0.15, 0.2) is 71.8 Å². The second-order valence-electron chi connectivity index (χ2n) is 10.1. The molecule has 0 aromatic heterocycles. The lowest BCUT2D eigenvalue weighted by molar-refractivity contribution is -0.148. The Morgan fingerprint density at radius 3 is 2.71 bits per heavy atom. The van der Waals surface area contributed by atoms with Gasteiger partial charge < -0.3 is 15.4 Å². The Labute approximate surface area is 214 Å². The minimum absolute atomic E-state index is 0.0940. The average Bonchev–Trinajstić information content (AvgIpc) is 2.86. The molecule has 4 atom stereocenters. The van der Waals surface area contributed by atoms with E-state index in [0.29, 0.717) is 18.4 Å². The summed E-state index contributed by atoms with van der Waals surface area (Å²) in [6.07, 6.45) is 18.4. The van der Waals surface area contributed by atoms with E-state index in [4.69, 9.17) is 4.74 Å². The first-order valence-corrected chi connectivity index (χ1v) is 13.6. The highest BCUT2D eigenvalue weighted by atomic mass is 16.5. The third kappa shape index (κ3) is 8.59. The van der Waals surface area contributed by atoms with E-state index in [2.05, 4.69) is 82.7 Å². The molecular formula is C31H48N2O2. The van der Waals surface area contributed by atoms with E-state index in [9.17, 15) is 4.79 Å². The highest BCUT2D eigenvalue weighted by molar-refractivity contribution is 5.74. The molecule has 0 bridgehead atoms. The topological polar surface area (TPSA) is 50.4 Å². The third-order valence-electron chi connectivity index (χ3n) is 7.43. The van der Waals surface area contributed by atoms with Crippen molar-refractivity contribution in [1.29, 1.82) is 0 Å². The number of rotatable bonds is 13. The molecule has 0 amide bonds. The SMILES string of the molecule is C=CN/C(C1=CC=CC(C)N1)=C(\C)C1CCC(=C)/C(=C\C(CC)C(=O)OC[C@H](CC)CCCC)C1. The summed E-state index contributed by atoms with van der Waals surface area (Å²) in [7, 11) is 0. The zero-order valence-corrected chi connectivity index (χ0v) is 22.8. The number of dihydropyridines is 1. The molecule has 0 aromatic carbocycles. The van der Waals surface area contributed by atoms with Crippen LogP contribution in [0.1, 0.15) is 86.0 Å². The Morgan fingerprint density at radius 1 is 1.31 bits per heavy atom. The monoisotopic (exact) mass is 480 g/mol. The van der Waals surface area contributed by atoms with Gasteiger partial charge in [0.2, 0.25) is 0 Å². The second kappa shape index (κ2) is 14.8. The van der Waals surface area contributed by atoms with Gasteiger partial charge in [0.1, 0.15) is 0 Å². The summed E-state index contributed by atoms with van der Waals surface area (Å²) in [5, 5.41) is 6.93. The van der Waals surface area contributed by atoms with Crippen molar-refractivity contribution < 1.29 is 9.53 Å². The summed E-state index contributed by atoms with van der Waals surface area (Å²) in [6, 6.07) is 0.289. The number of unbranched alkanes of at least 4 members (excludes halogenated alkanes) is 1. The lowest BCUT2D eigenvalue weighted by Gasteiger charge is -2.31. The maximum atomic E-state index is 12.9. The van der Waals surface area contributed by atoms with Crippen LogP contribution in [0.5, 0.6) is 0 Å². The molecule has 2 N–H and O–H groups in total. The number of nitrogens with one attached hydrogen (secondary N) is 2. The smallest absolute Gasteiger partial charge is 0.312 e. The van der Waals surface area contributed by atoms with E-state index in [1.54, 1.807) is 6.20 Å². The van der Waals surface area contributed by atoms with E-state index < -0.39 is 0 Å². The number of carbonyl (C=O) groups is 1. The largest absolute Gasteiger partial charge is 0.465 e. The van der Waals surface area contributed by atoms with Crippen molar-refractivity contribution in [1.82, 2.24) is 10.6 Å². The molecule has 0 aromatic rings. The van der Waals surface area contributed by atoms with Gasteiger partial charge in [0.25, 0.3) is 0 Å². The first kappa shape index (κ1) is 28.7. The molecule has 1 saturated carbocycles. The Kier molecular flexibility index (Phi) is 12.2. The van der Waals surface area contributed by atoms with E-state index in [0.717, 1.165) is 55.5 Å². The molecule has 0 radical (unpaired) electrons. The Balaban J connectivity index is 2.17. The van der Waals surface area contributed by atoms with Gasteiger partial charge in [-0.2, -0.15) is 0 Å². The molecule has 2 rings (SSSR count). The molecule has 194 valence electrons. The number of esters is 1. The summed E-state index contributed by atoms with van der Waals surface area (Å²) in [4.78, 5) is 12.9. The fourth-order valence-corrected chi connectivity index (χ4v) is 4.90. The average molecular weight is 481 g/mol. The van der Waals surface area contributed by atoms with Crippen LogP contribution in [-0.4, -0.2) is 18.6 Å². The minimum atomic E-state index is -0.215. The zero-order chi connectivity index (χ0) is 25.8. The molecule has 1 aliphatic heterocycles. The van der Waals surface area contributed by atoms with Crippen LogP contribution in [0.4, 0.5) is 0 Å². The predicted molar refractivity (Wildman–Crippen MR) is 148 cm³/mol. The van der Waals surface area contributed by atoms with Crippen molar-refractivity contribution in [3.8, 4) is 0 Å². The van der Waals surface area contributed by atoms with Crippen LogP contribution in [-0.2, 0) is 9.53 Å². The van der Waals surface area contributed by atoms with Crippen LogP contribution in [0, 0.1) is 17.8 Å². The standard InChI is InChI=1S/C31H48N2O2/c1-8-12-15-25(9-2)21-35-31(34)26(10-3)19-28-20-27(18-17-22(28)5)24(7)30(32-11-4)29-16-13-14-23(6)33-29/h11,13-14,16,19,23,25-27,32-33H,4-5,8-10,12,15,17-18,20-21H2,1-3,6-7H3/b28-19-,30-24+/t23?,25-,26?,27?/m1/s1. The van der Waals surface area contributed by atoms with Gasteiger partial charge in [0.15, 0.2) is 0 Å². The highest BCUT2D eigenvalue weighted by Gasteiger charge is 2.26. The van der Waals surface area contributed by atoms with Crippen LogP contribution in [0.3, 0.4) is 0 Å². The van der Waals surface area contributed by atoms with E-state index >= 15 is 0 Å². The van der Waals surface area contributed by atoms with Crippen LogP contribution >= 0.6 is 0 Å². The lowest BCUT2D eigenvalue weighted by atomic mass is 9.77. The molecule has 1 aliphatic carbocycles. The first-order valence-electron chi connectivity index (χ1n) is 13.6. The van der Waals surface area contributed by atoms with Gasteiger partial charge in [-0.25, -0.2) is 0 Å². The fourth-order valence-electron chi connectivity index (χ4n) is 4.90. The molecule has 0 saturated heterocycles. The summed E-state index contributed by atoms with van der Waals surface area (Å²) < 4.78 is 5.79. The summed E-state index contributed by atoms with van der Waals surface area (Å²) >= 11 is 0. The molecule has 35 heavy (non-hydrogen) atoms. The van der Waals surface area contributed by atoms with Crippen LogP contribution in [0.25, 0.3) is 0 Å². The summed E-state index contributed by atoms with van der Waals surface area (Å²) in [6.45, 7) is 19.6. The maximum Gasteiger partial charge on any atom is 0.312 e. The summed E-state index contributed by atoms with van der Waals surface area (Å²) in [5.41, 5.74) is 5.86. The lowest BCUT2D eigenvalue weighted by Crippen LogP contribution is -2.30. The Hall–Kier alpha value is -2.49. The van der Waals surface area contributed by atoms with Crippen LogP contribution in [0.2, 0.25) is 0 Å². The molecule has 0 spiro atoms. The van der Waals surface area contributed by atoms with Gasteiger partial charge in [0, 0.05) is 6.04 Å². The van der Waals surface area contributed by atoms with Gasteiger partial charge in [0.05, 0.1) is 23.9 Å². The van der Waals surface area contributed by atoms with E-state index in [1.165, 1.54) is 24.0 Å². The molecule has 4 heteroatoms. The molecule has 4 nitrogen and oxygen atoms in total. The number of ether oxygens (including phenoxy) is 1. The van der Waals surface area contributed by atoms with Gasteiger partial charge in [-0.1, -0.05) is 77.0 Å². The van der Waals surface area contributed by atoms with Gasteiger partial charge in [-0.3, -0.25) is 4.79 Å². The van der Waals surface area contributed by atoms with Crippen molar-refractivity contribution in [3.63, 3.8) is 0 Å². The quantitative estimate of drug-likeness (QED) is 0.268. The maximum absolute atomic E-state index is 12.9. The normalized spacial score (nSPS) is 23.6. The van der Waals surface area contributed by atoms with Crippen molar-refractivity contribution in [3.05, 3.63) is 71.8 Å². The molecule has 2 aliphatic rings. The number of allylic oxidation sites excluding steroid dienone is 5. The Morgan fingerprint density at radius 2 is 2.09 bits per heavy atom. The Bertz CT molecular complexity index is 861. The van der Waals surface area contributed by atoms with E-state index in [-0.39, 0.29) is 17.9 Å². The second-order valence-corrected chi connectivity index (χ2v) is 10.1. The van der Waals surface area contributed by atoms with E-state index in [1.807, 2.05) is 0 Å². The van der Waals surface area contributed by atoms with Crippen molar-refractivity contribution in [2.75, 3.05) is 6.61 Å². The predicted octanol–water partition coefficient (Wildman–Crippen LogP) is 7.49. The number of carbonyl (C=O) groups excluding carboxylic acids is 1. The van der Waals surface area contributed by atoms with Crippen molar-refractivity contribution in [2.24, 2.45) is 17.8 Å². The molecule has 1 heterocycles. The molecule has 1 fully saturated rings. The molecule has 3 unspecified atom stereocenters. The molecular weight excluding hydrogens is 432 g/mol. The zero-order valence-electron chi connectivity index (χ0n) is 22.8. The van der Waals surface area contributed by atoms with Gasteiger partial charge in [-0.15, -0.1) is 0 Å². The fraction of sp³-hybridized carbons (Fsp3) is 0.581. The highest BCUT2D eigenvalue weighted by Crippen LogP contribution is 2.38. The van der Waals surface area contributed by atoms with Gasteiger partial charge in [-0.05, 0) is 81.2 Å². The first-order chi connectivity index (χ1) is 16.8. The third-order valence-corrected chi connectivity index (χ3v) is 7.43. The number of hydrogen-bond acceptors (Lipinski definition) is 4. The van der Waals surface area contributed by atoms with Crippen LogP contribution < -0.4 is 10.6 Å². The van der Waals surface area contributed by atoms with Crippen molar-refractivity contribution in [2.45, 2.75) is 92.0 Å².